The molecule has 0 aromatic carbocycles. The average molecular weight is 244 g/mol. The Balaban J connectivity index is 2.25. The fourth-order valence-electron chi connectivity index (χ4n) is 1.92. The molecule has 100 valence electrons. The zero-order chi connectivity index (χ0) is 12.5. The first-order valence-corrected chi connectivity index (χ1v) is 6.45. The van der Waals surface area contributed by atoms with Crippen LogP contribution in [0.25, 0.3) is 0 Å². The lowest BCUT2D eigenvalue weighted by Crippen LogP contribution is -2.44. The molecule has 1 amide bonds. The van der Waals surface area contributed by atoms with E-state index in [4.69, 9.17) is 15.2 Å². The Hall–Kier alpha value is -0.650. The number of hydrogen-bond donors (Lipinski definition) is 1. The molecule has 1 saturated heterocycles. The summed E-state index contributed by atoms with van der Waals surface area (Å²) in [5.41, 5.74) is 5.30. The van der Waals surface area contributed by atoms with E-state index in [0.717, 1.165) is 32.4 Å². The quantitative estimate of drug-likeness (QED) is 0.658. The molecule has 0 aromatic rings. The summed E-state index contributed by atoms with van der Waals surface area (Å²) in [5, 5.41) is 0. The second-order valence-electron chi connectivity index (χ2n) is 4.32. The molecule has 1 atom stereocenters. The smallest absolute Gasteiger partial charge is 0.248 e. The number of carbonyl (C=O) groups excluding carboxylic acids is 1. The van der Waals surface area contributed by atoms with Crippen molar-refractivity contribution in [2.75, 3.05) is 39.5 Å². The number of hydrogen-bond acceptors (Lipinski definition) is 4. The van der Waals surface area contributed by atoms with Crippen molar-refractivity contribution in [3.8, 4) is 0 Å². The van der Waals surface area contributed by atoms with Gasteiger partial charge in [-0.1, -0.05) is 6.92 Å². The molecule has 0 spiro atoms. The van der Waals surface area contributed by atoms with Gasteiger partial charge in [0.1, 0.15) is 6.61 Å². The van der Waals surface area contributed by atoms with Gasteiger partial charge >= 0.3 is 0 Å². The molecule has 0 aliphatic carbocycles. The van der Waals surface area contributed by atoms with Gasteiger partial charge in [0.15, 0.2) is 0 Å². The molecule has 1 rings (SSSR count). The molecule has 2 N–H and O–H groups in total. The summed E-state index contributed by atoms with van der Waals surface area (Å²) in [6, 6.07) is 0. The van der Waals surface area contributed by atoms with E-state index in [9.17, 15) is 4.79 Å². The van der Waals surface area contributed by atoms with Crippen LogP contribution in [-0.2, 0) is 14.3 Å². The summed E-state index contributed by atoms with van der Waals surface area (Å²) in [6.45, 7) is 5.41. The van der Waals surface area contributed by atoms with Crippen LogP contribution in [0.5, 0.6) is 0 Å². The third-order valence-corrected chi connectivity index (χ3v) is 2.78. The van der Waals surface area contributed by atoms with Crippen LogP contribution in [0.3, 0.4) is 0 Å². The third-order valence-electron chi connectivity index (χ3n) is 2.78. The highest BCUT2D eigenvalue weighted by atomic mass is 16.5. The van der Waals surface area contributed by atoms with Gasteiger partial charge in [-0.15, -0.1) is 0 Å². The van der Waals surface area contributed by atoms with Gasteiger partial charge < -0.3 is 20.1 Å². The molecule has 0 saturated carbocycles. The topological polar surface area (TPSA) is 64.8 Å². The van der Waals surface area contributed by atoms with Crippen molar-refractivity contribution in [1.29, 1.82) is 0 Å². The molecule has 1 aliphatic rings. The molecule has 0 bridgehead atoms. The molecular formula is C12H24N2O3. The second-order valence-corrected chi connectivity index (χ2v) is 4.32. The molecule has 1 heterocycles. The van der Waals surface area contributed by atoms with Crippen molar-refractivity contribution in [2.24, 2.45) is 5.73 Å². The molecule has 1 aliphatic heterocycles. The van der Waals surface area contributed by atoms with E-state index < -0.39 is 0 Å². The summed E-state index contributed by atoms with van der Waals surface area (Å²) >= 11 is 0. The van der Waals surface area contributed by atoms with Gasteiger partial charge in [0.25, 0.3) is 0 Å². The van der Waals surface area contributed by atoms with E-state index in [2.05, 4.69) is 6.92 Å². The Bertz CT molecular complexity index is 224. The van der Waals surface area contributed by atoms with Crippen LogP contribution >= 0.6 is 0 Å². The average Bonchev–Trinajstić information content (AvgIpc) is 2.37. The van der Waals surface area contributed by atoms with Crippen molar-refractivity contribution in [1.82, 2.24) is 4.90 Å². The van der Waals surface area contributed by atoms with E-state index >= 15 is 0 Å². The minimum atomic E-state index is 0.0447. The van der Waals surface area contributed by atoms with E-state index in [-0.39, 0.29) is 18.6 Å². The largest absolute Gasteiger partial charge is 0.376 e. The number of rotatable bonds is 7. The first-order chi connectivity index (χ1) is 8.27. The van der Waals surface area contributed by atoms with E-state index in [1.807, 2.05) is 4.90 Å². The number of piperidine rings is 1. The van der Waals surface area contributed by atoms with Crippen LogP contribution in [0.4, 0.5) is 0 Å². The first kappa shape index (κ1) is 14.4. The summed E-state index contributed by atoms with van der Waals surface area (Å²) in [5.74, 6) is 0.0447. The van der Waals surface area contributed by atoms with Gasteiger partial charge in [0, 0.05) is 26.2 Å². The van der Waals surface area contributed by atoms with Crippen LogP contribution in [-0.4, -0.2) is 56.4 Å². The monoisotopic (exact) mass is 244 g/mol. The van der Waals surface area contributed by atoms with Crippen LogP contribution < -0.4 is 5.73 Å². The van der Waals surface area contributed by atoms with Gasteiger partial charge in [-0.25, -0.2) is 0 Å². The fraction of sp³-hybridized carbons (Fsp3) is 0.917. The number of likely N-dealkylation sites (tertiary alicyclic amines) is 1. The zero-order valence-electron chi connectivity index (χ0n) is 10.7. The summed E-state index contributed by atoms with van der Waals surface area (Å²) in [4.78, 5) is 13.6. The first-order valence-electron chi connectivity index (χ1n) is 6.45. The van der Waals surface area contributed by atoms with Crippen LogP contribution in [0.2, 0.25) is 0 Å². The van der Waals surface area contributed by atoms with Gasteiger partial charge in [0.05, 0.1) is 12.7 Å². The van der Waals surface area contributed by atoms with E-state index in [1.54, 1.807) is 0 Å². The van der Waals surface area contributed by atoms with Crippen molar-refractivity contribution >= 4 is 5.91 Å². The minimum Gasteiger partial charge on any atom is -0.376 e. The highest BCUT2D eigenvalue weighted by Gasteiger charge is 2.23. The SMILES string of the molecule is CCCOC1CCCN(C(=O)COCCN)C1. The zero-order valence-corrected chi connectivity index (χ0v) is 10.7. The normalized spacial score (nSPS) is 20.6. The molecule has 1 fully saturated rings. The predicted octanol–water partition coefficient (Wildman–Crippen LogP) is 0.379. The highest BCUT2D eigenvalue weighted by molar-refractivity contribution is 5.77. The Kier molecular flexibility index (Phi) is 7.16. The van der Waals surface area contributed by atoms with Crippen LogP contribution in [0.15, 0.2) is 0 Å². The molecule has 5 heteroatoms. The molecule has 1 unspecified atom stereocenters. The second kappa shape index (κ2) is 8.44. The van der Waals surface area contributed by atoms with E-state index in [1.165, 1.54) is 0 Å². The van der Waals surface area contributed by atoms with Gasteiger partial charge in [-0.3, -0.25) is 4.79 Å². The summed E-state index contributed by atoms with van der Waals surface area (Å²) in [7, 11) is 0. The highest BCUT2D eigenvalue weighted by Crippen LogP contribution is 2.13. The number of nitrogens with zero attached hydrogens (tertiary/aromatic N) is 1. The summed E-state index contributed by atoms with van der Waals surface area (Å²) < 4.78 is 10.8. The molecule has 0 aromatic heterocycles. The number of carbonyl (C=O) groups is 1. The molecule has 0 radical (unpaired) electrons. The van der Waals surface area contributed by atoms with Crippen LogP contribution in [0, 0.1) is 0 Å². The number of nitrogens with two attached hydrogens (primary N) is 1. The lowest BCUT2D eigenvalue weighted by atomic mass is 10.1. The molecule has 5 nitrogen and oxygen atoms in total. The van der Waals surface area contributed by atoms with Crippen molar-refractivity contribution < 1.29 is 14.3 Å². The van der Waals surface area contributed by atoms with Crippen molar-refractivity contribution in [3.05, 3.63) is 0 Å². The fourth-order valence-corrected chi connectivity index (χ4v) is 1.92. The Morgan fingerprint density at radius 2 is 2.29 bits per heavy atom. The Morgan fingerprint density at radius 3 is 3.00 bits per heavy atom. The Labute approximate surface area is 103 Å². The standard InChI is InChI=1S/C12H24N2O3/c1-2-7-17-11-4-3-6-14(9-11)12(15)10-16-8-5-13/h11H,2-10,13H2,1H3. The van der Waals surface area contributed by atoms with Crippen molar-refractivity contribution in [2.45, 2.75) is 32.3 Å². The lowest BCUT2D eigenvalue weighted by molar-refractivity contribution is -0.140. The predicted molar refractivity (Wildman–Crippen MR) is 65.7 cm³/mol. The van der Waals surface area contributed by atoms with E-state index in [0.29, 0.717) is 19.7 Å². The third kappa shape index (κ3) is 5.48. The number of ether oxygens (including phenoxy) is 2. The van der Waals surface area contributed by atoms with Gasteiger partial charge in [-0.05, 0) is 19.3 Å². The van der Waals surface area contributed by atoms with Gasteiger partial charge in [0.2, 0.25) is 5.91 Å². The molecule has 17 heavy (non-hydrogen) atoms. The molecular weight excluding hydrogens is 220 g/mol. The van der Waals surface area contributed by atoms with Crippen molar-refractivity contribution in [3.63, 3.8) is 0 Å². The summed E-state index contributed by atoms with van der Waals surface area (Å²) in [6.07, 6.45) is 3.27. The van der Waals surface area contributed by atoms with Gasteiger partial charge in [-0.2, -0.15) is 0 Å². The lowest BCUT2D eigenvalue weighted by Gasteiger charge is -2.32. The maximum atomic E-state index is 11.8. The van der Waals surface area contributed by atoms with Crippen LogP contribution in [0.1, 0.15) is 26.2 Å². The minimum absolute atomic E-state index is 0.0447. The maximum absolute atomic E-state index is 11.8. The Morgan fingerprint density at radius 1 is 1.47 bits per heavy atom. The number of amides is 1. The maximum Gasteiger partial charge on any atom is 0.248 e.